The van der Waals surface area contributed by atoms with Gasteiger partial charge in [0.05, 0.1) is 24.3 Å². The summed E-state index contributed by atoms with van der Waals surface area (Å²) in [7, 11) is 0. The number of amides is 1. The SMILES string of the molecule is CC(C)Oc1ccc(-c2nc(-c3cccc4c3CC3CC(=O)N5[C@H](C)COC45C3)no2)cc1C#N. The van der Waals surface area contributed by atoms with Crippen molar-refractivity contribution >= 4 is 5.91 Å². The summed E-state index contributed by atoms with van der Waals surface area (Å²) in [5.41, 5.74) is 3.39. The van der Waals surface area contributed by atoms with E-state index >= 15 is 0 Å². The number of carbonyl (C=O) groups excluding carboxylic acids is 1. The van der Waals surface area contributed by atoms with E-state index in [1.54, 1.807) is 12.1 Å². The second-order valence-electron chi connectivity index (χ2n) is 9.93. The maximum atomic E-state index is 12.9. The second-order valence-corrected chi connectivity index (χ2v) is 9.93. The Balaban J connectivity index is 1.40. The van der Waals surface area contributed by atoms with Gasteiger partial charge in [0.1, 0.15) is 11.8 Å². The van der Waals surface area contributed by atoms with Gasteiger partial charge in [0.2, 0.25) is 11.7 Å². The number of nitriles is 1. The number of hydrogen-bond donors (Lipinski definition) is 0. The molecule has 1 amide bonds. The average molecular weight is 471 g/mol. The van der Waals surface area contributed by atoms with Gasteiger partial charge in [-0.3, -0.25) is 4.79 Å². The van der Waals surface area contributed by atoms with Crippen LogP contribution in [0.2, 0.25) is 0 Å². The summed E-state index contributed by atoms with van der Waals surface area (Å²) >= 11 is 0. The first-order valence-corrected chi connectivity index (χ1v) is 12.0. The molecule has 8 nitrogen and oxygen atoms in total. The molecule has 1 spiro atoms. The van der Waals surface area contributed by atoms with Gasteiger partial charge in [0.25, 0.3) is 5.89 Å². The summed E-state index contributed by atoms with van der Waals surface area (Å²) in [6, 6.07) is 13.5. The van der Waals surface area contributed by atoms with E-state index in [2.05, 4.69) is 22.3 Å². The van der Waals surface area contributed by atoms with Crippen molar-refractivity contribution in [1.29, 1.82) is 5.26 Å². The third-order valence-electron chi connectivity index (χ3n) is 7.16. The fourth-order valence-corrected chi connectivity index (χ4v) is 5.86. The van der Waals surface area contributed by atoms with Crippen LogP contribution >= 0.6 is 0 Å². The van der Waals surface area contributed by atoms with Crippen LogP contribution in [0.25, 0.3) is 22.8 Å². The van der Waals surface area contributed by atoms with E-state index in [1.165, 1.54) is 0 Å². The van der Waals surface area contributed by atoms with Crippen molar-refractivity contribution in [2.75, 3.05) is 6.61 Å². The predicted octanol–water partition coefficient (Wildman–Crippen LogP) is 4.43. The lowest BCUT2D eigenvalue weighted by molar-refractivity contribution is -0.171. The highest BCUT2D eigenvalue weighted by molar-refractivity contribution is 5.80. The fraction of sp³-hybridized carbons (Fsp3) is 0.407. The normalized spacial score (nSPS) is 24.8. The van der Waals surface area contributed by atoms with Gasteiger partial charge in [0, 0.05) is 29.5 Å². The van der Waals surface area contributed by atoms with Crippen molar-refractivity contribution in [3.05, 3.63) is 53.1 Å². The van der Waals surface area contributed by atoms with Crippen LogP contribution in [-0.2, 0) is 21.7 Å². The summed E-state index contributed by atoms with van der Waals surface area (Å²) in [5.74, 6) is 1.73. The lowest BCUT2D eigenvalue weighted by atomic mass is 9.71. The zero-order valence-electron chi connectivity index (χ0n) is 19.9. The van der Waals surface area contributed by atoms with Crippen molar-refractivity contribution in [2.45, 2.75) is 57.9 Å². The molecule has 8 heteroatoms. The minimum atomic E-state index is -0.705. The minimum absolute atomic E-state index is 0.0378. The topological polar surface area (TPSA) is 101 Å². The van der Waals surface area contributed by atoms with Gasteiger partial charge < -0.3 is 18.9 Å². The summed E-state index contributed by atoms with van der Waals surface area (Å²) in [6.45, 7) is 6.41. The molecular formula is C27H26N4O4. The van der Waals surface area contributed by atoms with Crippen LogP contribution in [0.4, 0.5) is 0 Å². The number of benzene rings is 2. The van der Waals surface area contributed by atoms with E-state index in [1.807, 2.05) is 43.9 Å². The number of fused-ring (bicyclic) bond motifs is 2. The Morgan fingerprint density at radius 2 is 2.11 bits per heavy atom. The fourth-order valence-electron chi connectivity index (χ4n) is 5.86. The molecule has 2 saturated heterocycles. The number of nitrogens with zero attached hydrogens (tertiary/aromatic N) is 4. The summed E-state index contributed by atoms with van der Waals surface area (Å²) in [4.78, 5) is 19.6. The highest BCUT2D eigenvalue weighted by Crippen LogP contribution is 2.53. The number of hydrogen-bond acceptors (Lipinski definition) is 7. The van der Waals surface area contributed by atoms with E-state index in [4.69, 9.17) is 14.0 Å². The summed E-state index contributed by atoms with van der Waals surface area (Å²) < 4.78 is 17.7. The van der Waals surface area contributed by atoms with Crippen LogP contribution < -0.4 is 4.74 Å². The van der Waals surface area contributed by atoms with Crippen LogP contribution in [0.15, 0.2) is 40.9 Å². The largest absolute Gasteiger partial charge is 0.490 e. The van der Waals surface area contributed by atoms with E-state index in [-0.39, 0.29) is 24.0 Å². The molecule has 178 valence electrons. The third-order valence-corrected chi connectivity index (χ3v) is 7.16. The zero-order chi connectivity index (χ0) is 24.3. The Morgan fingerprint density at radius 1 is 1.26 bits per heavy atom. The van der Waals surface area contributed by atoms with Crippen LogP contribution in [0.3, 0.4) is 0 Å². The first kappa shape index (κ1) is 21.8. The molecule has 0 N–H and O–H groups in total. The van der Waals surface area contributed by atoms with Gasteiger partial charge in [-0.15, -0.1) is 0 Å². The van der Waals surface area contributed by atoms with E-state index in [0.717, 1.165) is 29.5 Å². The number of piperidine rings is 1. The van der Waals surface area contributed by atoms with Gasteiger partial charge in [-0.2, -0.15) is 10.2 Å². The van der Waals surface area contributed by atoms with Gasteiger partial charge in [-0.25, -0.2) is 0 Å². The molecule has 3 heterocycles. The molecule has 2 fully saturated rings. The number of ether oxygens (including phenoxy) is 2. The maximum absolute atomic E-state index is 12.9. The Morgan fingerprint density at radius 3 is 2.91 bits per heavy atom. The second kappa shape index (κ2) is 7.92. The monoisotopic (exact) mass is 470 g/mol. The van der Waals surface area contributed by atoms with E-state index < -0.39 is 5.72 Å². The van der Waals surface area contributed by atoms with E-state index in [9.17, 15) is 10.1 Å². The zero-order valence-corrected chi connectivity index (χ0v) is 19.9. The maximum Gasteiger partial charge on any atom is 0.258 e. The quantitative estimate of drug-likeness (QED) is 0.556. The van der Waals surface area contributed by atoms with Gasteiger partial charge in [-0.1, -0.05) is 23.4 Å². The molecule has 0 saturated carbocycles. The smallest absolute Gasteiger partial charge is 0.258 e. The van der Waals surface area contributed by atoms with Gasteiger partial charge in [0.15, 0.2) is 5.72 Å². The number of carbonyl (C=O) groups is 1. The van der Waals surface area contributed by atoms with Gasteiger partial charge >= 0.3 is 0 Å². The summed E-state index contributed by atoms with van der Waals surface area (Å²) in [6.07, 6.45) is 2.08. The Labute approximate surface area is 203 Å². The molecule has 3 aromatic rings. The number of rotatable bonds is 4. The molecule has 3 atom stereocenters. The molecule has 3 aliphatic rings. The Bertz CT molecular complexity index is 1370. The number of aromatic nitrogens is 2. The van der Waals surface area contributed by atoms with Crippen LogP contribution in [0.1, 0.15) is 50.3 Å². The molecule has 35 heavy (non-hydrogen) atoms. The molecule has 6 rings (SSSR count). The molecule has 2 bridgehead atoms. The van der Waals surface area contributed by atoms with Crippen molar-refractivity contribution in [3.8, 4) is 34.7 Å². The Hall–Kier alpha value is -3.70. The van der Waals surface area contributed by atoms with Crippen LogP contribution in [0.5, 0.6) is 5.75 Å². The molecule has 1 aliphatic carbocycles. The standard InChI is InChI=1S/C27H26N4O4/c1-15(2)34-23-8-7-18(11-19(23)13-28)26-29-25(30-35-26)20-5-4-6-22-21(20)9-17-10-24(32)31-16(3)14-33-27(22,31)12-17/h4-8,11,15-17H,9-10,12,14H2,1-3H3/t16-,17?,27?/m1/s1. The molecule has 2 aromatic carbocycles. The third kappa shape index (κ3) is 3.34. The summed E-state index contributed by atoms with van der Waals surface area (Å²) in [5, 5.41) is 13.9. The van der Waals surface area contributed by atoms with E-state index in [0.29, 0.717) is 41.6 Å². The molecule has 0 radical (unpaired) electrons. The highest BCUT2D eigenvalue weighted by atomic mass is 16.5. The highest BCUT2D eigenvalue weighted by Gasteiger charge is 2.57. The van der Waals surface area contributed by atoms with Crippen LogP contribution in [0, 0.1) is 17.2 Å². The first-order valence-electron chi connectivity index (χ1n) is 12.0. The average Bonchev–Trinajstić information content (AvgIpc) is 3.44. The van der Waals surface area contributed by atoms with Crippen LogP contribution in [-0.4, -0.2) is 39.7 Å². The first-order chi connectivity index (χ1) is 16.9. The van der Waals surface area contributed by atoms with Gasteiger partial charge in [-0.05, 0) is 56.9 Å². The molecular weight excluding hydrogens is 444 g/mol. The molecule has 2 unspecified atom stereocenters. The van der Waals surface area contributed by atoms with Crippen molar-refractivity contribution in [1.82, 2.24) is 15.0 Å². The minimum Gasteiger partial charge on any atom is -0.490 e. The van der Waals surface area contributed by atoms with Crippen molar-refractivity contribution in [3.63, 3.8) is 0 Å². The lowest BCUT2D eigenvalue weighted by Gasteiger charge is -2.49. The molecule has 2 aliphatic heterocycles. The molecule has 1 aromatic heterocycles. The Kier molecular flexibility index (Phi) is 4.94. The predicted molar refractivity (Wildman–Crippen MR) is 126 cm³/mol. The lowest BCUT2D eigenvalue weighted by Crippen LogP contribution is -2.56. The van der Waals surface area contributed by atoms with Crippen molar-refractivity contribution < 1.29 is 18.8 Å². The van der Waals surface area contributed by atoms with Crippen molar-refractivity contribution in [2.24, 2.45) is 5.92 Å².